The lowest BCUT2D eigenvalue weighted by Crippen LogP contribution is -2.51. The summed E-state index contributed by atoms with van der Waals surface area (Å²) in [4.78, 5) is 32.0. The van der Waals surface area contributed by atoms with Gasteiger partial charge in [0.05, 0.1) is 5.69 Å². The van der Waals surface area contributed by atoms with Crippen molar-refractivity contribution in [3.63, 3.8) is 0 Å². The minimum atomic E-state index is 0.0444. The van der Waals surface area contributed by atoms with Crippen LogP contribution < -0.4 is 4.90 Å². The molecule has 0 bridgehead atoms. The molecule has 2 amide bonds. The van der Waals surface area contributed by atoms with Gasteiger partial charge in [-0.15, -0.1) is 11.8 Å². The van der Waals surface area contributed by atoms with Gasteiger partial charge in [0.2, 0.25) is 11.8 Å². The van der Waals surface area contributed by atoms with E-state index in [1.54, 1.807) is 16.7 Å². The average molecular weight is 333 g/mol. The first-order chi connectivity index (χ1) is 11.2. The van der Waals surface area contributed by atoms with E-state index in [-0.39, 0.29) is 18.4 Å². The highest BCUT2D eigenvalue weighted by molar-refractivity contribution is 7.99. The highest BCUT2D eigenvalue weighted by Crippen LogP contribution is 2.33. The summed E-state index contributed by atoms with van der Waals surface area (Å²) in [6.45, 7) is 6.67. The van der Waals surface area contributed by atoms with Gasteiger partial charge in [0.25, 0.3) is 0 Å². The molecule has 0 N–H and O–H groups in total. The van der Waals surface area contributed by atoms with Gasteiger partial charge in [0, 0.05) is 43.2 Å². The van der Waals surface area contributed by atoms with Crippen molar-refractivity contribution in [3.05, 3.63) is 24.3 Å². The van der Waals surface area contributed by atoms with Gasteiger partial charge in [0.15, 0.2) is 0 Å². The van der Waals surface area contributed by atoms with Crippen molar-refractivity contribution < 1.29 is 9.59 Å². The number of carbonyl (C=O) groups is 2. The van der Waals surface area contributed by atoms with Gasteiger partial charge in [-0.05, 0) is 18.7 Å². The first kappa shape index (κ1) is 16.3. The second-order valence-electron chi connectivity index (χ2n) is 5.86. The molecule has 0 aromatic heterocycles. The summed E-state index contributed by atoms with van der Waals surface area (Å²) >= 11 is 1.69. The summed E-state index contributed by atoms with van der Waals surface area (Å²) in [6, 6.07) is 7.87. The number of likely N-dealkylation sites (N-methyl/N-ethyl adjacent to an activating group) is 1. The van der Waals surface area contributed by atoms with Crippen LogP contribution in [0.5, 0.6) is 0 Å². The molecule has 3 rings (SSSR count). The highest BCUT2D eigenvalue weighted by atomic mass is 32.2. The fourth-order valence-electron chi connectivity index (χ4n) is 3.04. The topological polar surface area (TPSA) is 43.9 Å². The molecule has 2 aliphatic heterocycles. The molecule has 1 saturated heterocycles. The second-order valence-corrected chi connectivity index (χ2v) is 7.00. The normalized spacial score (nSPS) is 19.4. The minimum Gasteiger partial charge on any atom is -0.339 e. The number of piperazine rings is 1. The number of para-hydroxylation sites is 1. The molecule has 2 heterocycles. The number of nitrogens with zero attached hydrogens (tertiary/aromatic N) is 3. The molecule has 0 atom stereocenters. The van der Waals surface area contributed by atoms with Gasteiger partial charge in [-0.1, -0.05) is 19.1 Å². The number of fused-ring (bicyclic) bond motifs is 1. The van der Waals surface area contributed by atoms with E-state index < -0.39 is 0 Å². The number of hydrogen-bond acceptors (Lipinski definition) is 4. The molecule has 0 aliphatic carbocycles. The van der Waals surface area contributed by atoms with Gasteiger partial charge >= 0.3 is 0 Å². The Kier molecular flexibility index (Phi) is 5.23. The number of amides is 2. The molecule has 0 radical (unpaired) electrons. The van der Waals surface area contributed by atoms with Crippen molar-refractivity contribution in [2.24, 2.45) is 0 Å². The van der Waals surface area contributed by atoms with E-state index in [1.807, 2.05) is 29.2 Å². The fourth-order valence-corrected chi connectivity index (χ4v) is 4.04. The number of carbonyl (C=O) groups excluding carboxylic acids is 2. The van der Waals surface area contributed by atoms with Crippen molar-refractivity contribution in [2.75, 3.05) is 49.9 Å². The lowest BCUT2D eigenvalue weighted by Gasteiger charge is -2.35. The maximum absolute atomic E-state index is 12.6. The number of anilines is 1. The highest BCUT2D eigenvalue weighted by Gasteiger charge is 2.27. The predicted molar refractivity (Wildman–Crippen MR) is 92.8 cm³/mol. The minimum absolute atomic E-state index is 0.0444. The van der Waals surface area contributed by atoms with Crippen LogP contribution in [-0.2, 0) is 9.59 Å². The zero-order valence-electron chi connectivity index (χ0n) is 13.5. The largest absolute Gasteiger partial charge is 0.339 e. The monoisotopic (exact) mass is 333 g/mol. The molecule has 6 heteroatoms. The zero-order valence-corrected chi connectivity index (χ0v) is 14.3. The van der Waals surface area contributed by atoms with Crippen molar-refractivity contribution in [3.8, 4) is 0 Å². The van der Waals surface area contributed by atoms with Gasteiger partial charge < -0.3 is 14.7 Å². The van der Waals surface area contributed by atoms with E-state index >= 15 is 0 Å². The van der Waals surface area contributed by atoms with Gasteiger partial charge in [-0.2, -0.15) is 0 Å². The Labute approximate surface area is 141 Å². The lowest BCUT2D eigenvalue weighted by molar-refractivity contribution is -0.132. The third kappa shape index (κ3) is 3.70. The number of hydrogen-bond donors (Lipinski definition) is 0. The van der Waals surface area contributed by atoms with E-state index in [0.29, 0.717) is 6.42 Å². The molecule has 0 saturated carbocycles. The number of rotatable bonds is 3. The smallest absolute Gasteiger partial charge is 0.242 e. The Morgan fingerprint density at radius 2 is 1.91 bits per heavy atom. The molecule has 1 aromatic carbocycles. The van der Waals surface area contributed by atoms with Crippen LogP contribution in [0, 0.1) is 0 Å². The maximum atomic E-state index is 12.6. The van der Waals surface area contributed by atoms with Crippen LogP contribution in [0.2, 0.25) is 0 Å². The summed E-state index contributed by atoms with van der Waals surface area (Å²) < 4.78 is 0. The predicted octanol–water partition coefficient (Wildman–Crippen LogP) is 1.68. The lowest BCUT2D eigenvalue weighted by atomic mass is 10.2. The Bertz CT molecular complexity index is 585. The van der Waals surface area contributed by atoms with Crippen LogP contribution in [0.15, 0.2) is 29.2 Å². The standard InChI is InChI=1S/C17H23N3O2S/c1-2-18-8-10-19(11-9-18)17(22)13-20-14-5-3-4-6-15(14)23-12-7-16(20)21/h3-6H,2,7-13H2,1H3. The molecular formula is C17H23N3O2S. The van der Waals surface area contributed by atoms with Crippen LogP contribution >= 0.6 is 11.8 Å². The molecule has 1 aromatic rings. The first-order valence-corrected chi connectivity index (χ1v) is 9.20. The Hall–Kier alpha value is -1.53. The van der Waals surface area contributed by atoms with E-state index in [2.05, 4.69) is 11.8 Å². The second kappa shape index (κ2) is 7.36. The number of thioether (sulfide) groups is 1. The van der Waals surface area contributed by atoms with Crippen LogP contribution in [-0.4, -0.2) is 66.6 Å². The zero-order chi connectivity index (χ0) is 16.2. The molecule has 23 heavy (non-hydrogen) atoms. The van der Waals surface area contributed by atoms with Crippen molar-refractivity contribution >= 4 is 29.3 Å². The Morgan fingerprint density at radius 1 is 1.17 bits per heavy atom. The van der Waals surface area contributed by atoms with Crippen LogP contribution in [0.1, 0.15) is 13.3 Å². The summed E-state index contributed by atoms with van der Waals surface area (Å²) in [7, 11) is 0. The van der Waals surface area contributed by atoms with Gasteiger partial charge in [-0.3, -0.25) is 9.59 Å². The van der Waals surface area contributed by atoms with Crippen LogP contribution in [0.4, 0.5) is 5.69 Å². The Balaban J connectivity index is 1.71. The molecule has 0 unspecified atom stereocenters. The third-order valence-corrected chi connectivity index (χ3v) is 5.56. The molecule has 1 fully saturated rings. The van der Waals surface area contributed by atoms with E-state index in [1.165, 1.54) is 0 Å². The number of benzene rings is 1. The summed E-state index contributed by atoms with van der Waals surface area (Å²) in [6.07, 6.45) is 0.482. The van der Waals surface area contributed by atoms with Crippen molar-refractivity contribution in [2.45, 2.75) is 18.2 Å². The van der Waals surface area contributed by atoms with Gasteiger partial charge in [-0.25, -0.2) is 0 Å². The summed E-state index contributed by atoms with van der Waals surface area (Å²) in [5.41, 5.74) is 0.876. The van der Waals surface area contributed by atoms with Crippen LogP contribution in [0.25, 0.3) is 0 Å². The molecule has 5 nitrogen and oxygen atoms in total. The van der Waals surface area contributed by atoms with Gasteiger partial charge in [0.1, 0.15) is 6.54 Å². The molecule has 0 spiro atoms. The van der Waals surface area contributed by atoms with Crippen molar-refractivity contribution in [1.29, 1.82) is 0 Å². The summed E-state index contributed by atoms with van der Waals surface area (Å²) in [5.74, 6) is 0.870. The molecule has 124 valence electrons. The average Bonchev–Trinajstić information content (AvgIpc) is 2.74. The SMILES string of the molecule is CCN1CCN(C(=O)CN2C(=O)CCSc3ccccc32)CC1. The first-order valence-electron chi connectivity index (χ1n) is 8.21. The Morgan fingerprint density at radius 3 is 2.65 bits per heavy atom. The molecule has 2 aliphatic rings. The van der Waals surface area contributed by atoms with Crippen LogP contribution in [0.3, 0.4) is 0 Å². The van der Waals surface area contributed by atoms with E-state index in [9.17, 15) is 9.59 Å². The van der Waals surface area contributed by atoms with E-state index in [0.717, 1.165) is 49.1 Å². The third-order valence-electron chi connectivity index (χ3n) is 4.50. The van der Waals surface area contributed by atoms with Crippen molar-refractivity contribution in [1.82, 2.24) is 9.80 Å². The van der Waals surface area contributed by atoms with E-state index in [4.69, 9.17) is 0 Å². The summed E-state index contributed by atoms with van der Waals surface area (Å²) in [5, 5.41) is 0. The quantitative estimate of drug-likeness (QED) is 0.844. The molecular weight excluding hydrogens is 310 g/mol. The maximum Gasteiger partial charge on any atom is 0.242 e. The fraction of sp³-hybridized carbons (Fsp3) is 0.529.